The summed E-state index contributed by atoms with van der Waals surface area (Å²) in [5.41, 5.74) is 4.80. The molecule has 0 spiro atoms. The first-order chi connectivity index (χ1) is 6.66. The average Bonchev–Trinajstić information content (AvgIpc) is 1.98. The molecule has 0 aliphatic rings. The minimum Gasteiger partial charge on any atom is -0.387 e. The van der Waals surface area contributed by atoms with Gasteiger partial charge >= 0.3 is 0 Å². The van der Waals surface area contributed by atoms with E-state index in [1.54, 1.807) is 18.7 Å². The zero-order chi connectivity index (χ0) is 12.1. The summed E-state index contributed by atoms with van der Waals surface area (Å²) >= 11 is 1.59. The van der Waals surface area contributed by atoms with Gasteiger partial charge < -0.3 is 16.2 Å². The zero-order valence-electron chi connectivity index (χ0n) is 10.3. The molecule has 0 aromatic carbocycles. The molecule has 0 aromatic rings. The van der Waals surface area contributed by atoms with Gasteiger partial charge in [0.2, 0.25) is 0 Å². The fourth-order valence-electron chi connectivity index (χ4n) is 1.04. The predicted molar refractivity (Wildman–Crippen MR) is 68.4 cm³/mol. The molecule has 0 aliphatic heterocycles. The Kier molecular flexibility index (Phi) is 5.45. The molecule has 0 bridgehead atoms. The van der Waals surface area contributed by atoms with Crippen LogP contribution in [0, 0.1) is 0 Å². The van der Waals surface area contributed by atoms with Crippen molar-refractivity contribution in [1.82, 2.24) is 5.32 Å². The number of aliphatic imine (C=N–C) groups is 1. The van der Waals surface area contributed by atoms with Gasteiger partial charge in [-0.1, -0.05) is 0 Å². The van der Waals surface area contributed by atoms with Crippen molar-refractivity contribution >= 4 is 17.7 Å². The molecule has 0 heterocycles. The Morgan fingerprint density at radius 1 is 1.40 bits per heavy atom. The molecule has 0 aliphatic carbocycles. The topological polar surface area (TPSA) is 70.6 Å². The van der Waals surface area contributed by atoms with E-state index in [2.05, 4.69) is 10.3 Å². The van der Waals surface area contributed by atoms with Gasteiger partial charge in [-0.05, 0) is 34.0 Å². The number of guanidine groups is 1. The molecule has 15 heavy (non-hydrogen) atoms. The highest BCUT2D eigenvalue weighted by Gasteiger charge is 2.19. The third-order valence-electron chi connectivity index (χ3n) is 1.55. The molecule has 5 heteroatoms. The lowest BCUT2D eigenvalue weighted by atomic mass is 10.1. The van der Waals surface area contributed by atoms with Crippen LogP contribution in [0.1, 0.15) is 27.7 Å². The Balaban J connectivity index is 4.16. The first-order valence-corrected chi connectivity index (χ1v) is 6.35. The second-order valence-corrected chi connectivity index (χ2v) is 5.87. The summed E-state index contributed by atoms with van der Waals surface area (Å²) in [5, 5.41) is 12.9. The Hall–Kier alpha value is -0.420. The number of thioether (sulfide) groups is 1. The maximum atomic E-state index is 9.85. The fraction of sp³-hybridized carbons (Fsp3) is 0.900. The van der Waals surface area contributed by atoms with Gasteiger partial charge in [-0.3, -0.25) is 4.99 Å². The van der Waals surface area contributed by atoms with Gasteiger partial charge in [-0.15, -0.1) is 0 Å². The Morgan fingerprint density at radius 2 is 1.93 bits per heavy atom. The molecule has 0 rings (SSSR count). The first kappa shape index (κ1) is 14.6. The molecule has 0 radical (unpaired) electrons. The highest BCUT2D eigenvalue weighted by atomic mass is 32.2. The molecule has 0 aromatic heterocycles. The Bertz CT molecular complexity index is 221. The van der Waals surface area contributed by atoms with Gasteiger partial charge in [-0.2, -0.15) is 11.8 Å². The highest BCUT2D eigenvalue weighted by Crippen LogP contribution is 2.10. The van der Waals surface area contributed by atoms with Crippen molar-refractivity contribution in [2.24, 2.45) is 10.7 Å². The van der Waals surface area contributed by atoms with Crippen LogP contribution in [-0.4, -0.2) is 40.8 Å². The van der Waals surface area contributed by atoms with E-state index in [-0.39, 0.29) is 5.54 Å². The molecule has 0 fully saturated rings. The lowest BCUT2D eigenvalue weighted by Crippen LogP contribution is -2.46. The van der Waals surface area contributed by atoms with Crippen LogP contribution in [0.15, 0.2) is 4.99 Å². The summed E-state index contributed by atoms with van der Waals surface area (Å²) in [7, 11) is 0. The summed E-state index contributed by atoms with van der Waals surface area (Å²) in [4.78, 5) is 4.12. The minimum absolute atomic E-state index is 0.0983. The molecule has 0 saturated carbocycles. The molecule has 1 unspecified atom stereocenters. The van der Waals surface area contributed by atoms with E-state index in [1.165, 1.54) is 0 Å². The molecule has 0 saturated heterocycles. The van der Waals surface area contributed by atoms with Crippen LogP contribution in [0.25, 0.3) is 0 Å². The van der Waals surface area contributed by atoms with E-state index in [9.17, 15) is 5.11 Å². The van der Waals surface area contributed by atoms with Crippen LogP contribution >= 0.6 is 11.8 Å². The molecule has 4 nitrogen and oxygen atoms in total. The molecular weight excluding hydrogens is 210 g/mol. The minimum atomic E-state index is -0.788. The smallest absolute Gasteiger partial charge is 0.189 e. The Labute approximate surface area is 96.7 Å². The van der Waals surface area contributed by atoms with E-state index in [0.29, 0.717) is 18.3 Å². The number of hydrogen-bond donors (Lipinski definition) is 3. The first-order valence-electron chi connectivity index (χ1n) is 4.96. The van der Waals surface area contributed by atoms with Crippen molar-refractivity contribution in [2.45, 2.75) is 38.8 Å². The molecule has 0 amide bonds. The average molecular weight is 233 g/mol. The number of nitrogens with one attached hydrogen (secondary N) is 1. The SMILES string of the molecule is CSCC(C)(O)CN=C(N)NC(C)(C)C. The van der Waals surface area contributed by atoms with Crippen LogP contribution in [0.3, 0.4) is 0 Å². The van der Waals surface area contributed by atoms with Gasteiger partial charge in [0.1, 0.15) is 0 Å². The van der Waals surface area contributed by atoms with Gasteiger partial charge in [0.15, 0.2) is 5.96 Å². The number of nitrogens with two attached hydrogens (primary N) is 1. The van der Waals surface area contributed by atoms with Crippen molar-refractivity contribution in [3.8, 4) is 0 Å². The number of hydrogen-bond acceptors (Lipinski definition) is 3. The van der Waals surface area contributed by atoms with E-state index < -0.39 is 5.60 Å². The third kappa shape index (κ3) is 8.57. The monoisotopic (exact) mass is 233 g/mol. The van der Waals surface area contributed by atoms with E-state index in [1.807, 2.05) is 27.0 Å². The molecule has 1 atom stereocenters. The maximum absolute atomic E-state index is 9.85. The van der Waals surface area contributed by atoms with Crippen LogP contribution in [0.5, 0.6) is 0 Å². The van der Waals surface area contributed by atoms with Crippen LogP contribution in [-0.2, 0) is 0 Å². The quantitative estimate of drug-likeness (QED) is 0.496. The molecular formula is C10H23N3OS. The predicted octanol–water partition coefficient (Wildman–Crippen LogP) is 0.803. The van der Waals surface area contributed by atoms with Crippen molar-refractivity contribution in [3.05, 3.63) is 0 Å². The number of nitrogens with zero attached hydrogens (tertiary/aromatic N) is 1. The molecule has 4 N–H and O–H groups in total. The van der Waals surface area contributed by atoms with Gasteiger partial charge in [0.25, 0.3) is 0 Å². The molecule has 90 valence electrons. The maximum Gasteiger partial charge on any atom is 0.189 e. The summed E-state index contributed by atoms with van der Waals surface area (Å²) < 4.78 is 0. The lowest BCUT2D eigenvalue weighted by molar-refractivity contribution is 0.0954. The van der Waals surface area contributed by atoms with Gasteiger partial charge in [-0.25, -0.2) is 0 Å². The van der Waals surface area contributed by atoms with Crippen molar-refractivity contribution < 1.29 is 5.11 Å². The standard InChI is InChI=1S/C10H23N3OS/c1-9(2,3)13-8(11)12-6-10(4,14)7-15-5/h14H,6-7H2,1-5H3,(H3,11,12,13). The highest BCUT2D eigenvalue weighted by molar-refractivity contribution is 7.98. The van der Waals surface area contributed by atoms with Crippen molar-refractivity contribution in [2.75, 3.05) is 18.6 Å². The lowest BCUT2D eigenvalue weighted by Gasteiger charge is -2.23. The van der Waals surface area contributed by atoms with Gasteiger partial charge in [0.05, 0.1) is 12.1 Å². The Morgan fingerprint density at radius 3 is 2.33 bits per heavy atom. The van der Waals surface area contributed by atoms with Crippen LogP contribution in [0.2, 0.25) is 0 Å². The number of rotatable bonds is 4. The van der Waals surface area contributed by atoms with Crippen LogP contribution in [0.4, 0.5) is 0 Å². The third-order valence-corrected chi connectivity index (χ3v) is 2.46. The second kappa shape index (κ2) is 5.61. The van der Waals surface area contributed by atoms with E-state index >= 15 is 0 Å². The fourth-order valence-corrected chi connectivity index (χ4v) is 1.75. The normalized spacial score (nSPS) is 17.3. The van der Waals surface area contributed by atoms with Crippen LogP contribution < -0.4 is 11.1 Å². The summed E-state index contributed by atoms with van der Waals surface area (Å²) in [5.74, 6) is 1.03. The number of aliphatic hydroxyl groups is 1. The second-order valence-electron chi connectivity index (χ2n) is 5.01. The van der Waals surface area contributed by atoms with Gasteiger partial charge in [0, 0.05) is 11.3 Å². The summed E-state index contributed by atoms with van der Waals surface area (Å²) in [6, 6.07) is 0. The van der Waals surface area contributed by atoms with E-state index in [0.717, 1.165) is 0 Å². The zero-order valence-corrected chi connectivity index (χ0v) is 11.1. The largest absolute Gasteiger partial charge is 0.387 e. The van der Waals surface area contributed by atoms with Crippen molar-refractivity contribution in [1.29, 1.82) is 0 Å². The van der Waals surface area contributed by atoms with E-state index in [4.69, 9.17) is 5.73 Å². The summed E-state index contributed by atoms with van der Waals surface area (Å²) in [6.45, 7) is 8.11. The summed E-state index contributed by atoms with van der Waals surface area (Å²) in [6.07, 6.45) is 1.95. The van der Waals surface area contributed by atoms with Crippen molar-refractivity contribution in [3.63, 3.8) is 0 Å².